The SMILES string of the molecule is CC(O)CCOC(=O)CCC(=O)O. The summed E-state index contributed by atoms with van der Waals surface area (Å²) in [6.45, 7) is 1.72. The average molecular weight is 190 g/mol. The molecule has 1 unspecified atom stereocenters. The number of carboxylic acid groups (broad SMARTS) is 1. The van der Waals surface area contributed by atoms with Crippen molar-refractivity contribution in [1.82, 2.24) is 0 Å². The molecule has 0 bridgehead atoms. The lowest BCUT2D eigenvalue weighted by molar-refractivity contribution is -0.148. The molecule has 0 aromatic carbocycles. The van der Waals surface area contributed by atoms with E-state index in [-0.39, 0.29) is 19.4 Å². The molecular formula is C8H14O5. The Hall–Kier alpha value is -1.10. The smallest absolute Gasteiger partial charge is 0.306 e. The molecule has 0 fully saturated rings. The van der Waals surface area contributed by atoms with Gasteiger partial charge in [0, 0.05) is 6.42 Å². The van der Waals surface area contributed by atoms with Crippen LogP contribution in [0.4, 0.5) is 0 Å². The van der Waals surface area contributed by atoms with Crippen LogP contribution in [0.3, 0.4) is 0 Å². The second-order valence-electron chi connectivity index (χ2n) is 2.75. The average Bonchev–Trinajstić information content (AvgIpc) is 2.00. The van der Waals surface area contributed by atoms with Crippen molar-refractivity contribution in [3.8, 4) is 0 Å². The van der Waals surface area contributed by atoms with Crippen LogP contribution in [0, 0.1) is 0 Å². The molecule has 0 rings (SSSR count). The van der Waals surface area contributed by atoms with Gasteiger partial charge in [0.2, 0.25) is 0 Å². The van der Waals surface area contributed by atoms with E-state index in [2.05, 4.69) is 4.74 Å². The predicted molar refractivity (Wildman–Crippen MR) is 44.1 cm³/mol. The largest absolute Gasteiger partial charge is 0.481 e. The van der Waals surface area contributed by atoms with Crippen molar-refractivity contribution in [3.63, 3.8) is 0 Å². The van der Waals surface area contributed by atoms with E-state index in [4.69, 9.17) is 10.2 Å². The highest BCUT2D eigenvalue weighted by Crippen LogP contribution is 1.95. The Morgan fingerprint density at radius 2 is 2.00 bits per heavy atom. The van der Waals surface area contributed by atoms with E-state index in [1.54, 1.807) is 6.92 Å². The molecule has 0 heterocycles. The highest BCUT2D eigenvalue weighted by Gasteiger charge is 2.06. The number of carboxylic acids is 1. The summed E-state index contributed by atoms with van der Waals surface area (Å²) < 4.78 is 4.64. The lowest BCUT2D eigenvalue weighted by Crippen LogP contribution is -2.11. The van der Waals surface area contributed by atoms with Crippen molar-refractivity contribution in [2.45, 2.75) is 32.3 Å². The summed E-state index contributed by atoms with van der Waals surface area (Å²) in [5, 5.41) is 17.0. The second kappa shape index (κ2) is 6.42. The third-order valence-electron chi connectivity index (χ3n) is 1.34. The van der Waals surface area contributed by atoms with Gasteiger partial charge in [0.1, 0.15) is 0 Å². The van der Waals surface area contributed by atoms with Crippen molar-refractivity contribution >= 4 is 11.9 Å². The van der Waals surface area contributed by atoms with Crippen molar-refractivity contribution in [2.75, 3.05) is 6.61 Å². The summed E-state index contributed by atoms with van der Waals surface area (Å²) in [4.78, 5) is 20.8. The summed E-state index contributed by atoms with van der Waals surface area (Å²) >= 11 is 0. The first-order valence-corrected chi connectivity index (χ1v) is 4.08. The summed E-state index contributed by atoms with van der Waals surface area (Å²) in [6.07, 6.45) is -0.464. The zero-order valence-electron chi connectivity index (χ0n) is 7.52. The Labute approximate surface area is 76.3 Å². The number of carbonyl (C=O) groups excluding carboxylic acids is 1. The summed E-state index contributed by atoms with van der Waals surface area (Å²) in [7, 11) is 0. The van der Waals surface area contributed by atoms with E-state index in [9.17, 15) is 9.59 Å². The maximum absolute atomic E-state index is 10.8. The van der Waals surface area contributed by atoms with Crippen LogP contribution in [0.5, 0.6) is 0 Å². The van der Waals surface area contributed by atoms with Gasteiger partial charge in [-0.05, 0) is 6.92 Å². The molecule has 2 N–H and O–H groups in total. The number of aliphatic hydroxyl groups is 1. The zero-order valence-corrected chi connectivity index (χ0v) is 7.52. The van der Waals surface area contributed by atoms with Crippen molar-refractivity contribution < 1.29 is 24.5 Å². The number of rotatable bonds is 6. The van der Waals surface area contributed by atoms with Crippen LogP contribution >= 0.6 is 0 Å². The van der Waals surface area contributed by atoms with Crippen LogP contribution in [0.15, 0.2) is 0 Å². The predicted octanol–water partition coefficient (Wildman–Crippen LogP) is 0.165. The Bertz CT molecular complexity index is 175. The fraction of sp³-hybridized carbons (Fsp3) is 0.750. The number of aliphatic hydroxyl groups excluding tert-OH is 1. The second-order valence-corrected chi connectivity index (χ2v) is 2.75. The van der Waals surface area contributed by atoms with Gasteiger partial charge >= 0.3 is 11.9 Å². The van der Waals surface area contributed by atoms with Gasteiger partial charge in [0.05, 0.1) is 25.6 Å². The maximum Gasteiger partial charge on any atom is 0.306 e. The monoisotopic (exact) mass is 190 g/mol. The Balaban J connectivity index is 3.36. The van der Waals surface area contributed by atoms with Gasteiger partial charge in [-0.25, -0.2) is 0 Å². The van der Waals surface area contributed by atoms with Gasteiger partial charge in [-0.3, -0.25) is 9.59 Å². The van der Waals surface area contributed by atoms with Crippen LogP contribution in [0.25, 0.3) is 0 Å². The number of carbonyl (C=O) groups is 2. The number of hydrogen-bond donors (Lipinski definition) is 2. The van der Waals surface area contributed by atoms with Gasteiger partial charge in [0.15, 0.2) is 0 Å². The fourth-order valence-corrected chi connectivity index (χ4v) is 0.624. The summed E-state index contributed by atoms with van der Waals surface area (Å²) in [5.41, 5.74) is 0. The maximum atomic E-state index is 10.8. The fourth-order valence-electron chi connectivity index (χ4n) is 0.624. The van der Waals surface area contributed by atoms with Crippen molar-refractivity contribution in [2.24, 2.45) is 0 Å². The molecule has 5 heteroatoms. The Morgan fingerprint density at radius 3 is 2.46 bits per heavy atom. The minimum absolute atomic E-state index is 0.116. The molecule has 0 aromatic heterocycles. The lowest BCUT2D eigenvalue weighted by atomic mass is 10.3. The topological polar surface area (TPSA) is 83.8 Å². The molecule has 0 saturated heterocycles. The summed E-state index contributed by atoms with van der Waals surface area (Å²) in [6, 6.07) is 0. The van der Waals surface area contributed by atoms with Crippen LogP contribution in [-0.2, 0) is 14.3 Å². The molecule has 0 radical (unpaired) electrons. The van der Waals surface area contributed by atoms with E-state index >= 15 is 0 Å². The van der Waals surface area contributed by atoms with Gasteiger partial charge in [-0.2, -0.15) is 0 Å². The first-order valence-electron chi connectivity index (χ1n) is 4.08. The first-order chi connectivity index (χ1) is 6.02. The third kappa shape index (κ3) is 8.81. The minimum Gasteiger partial charge on any atom is -0.481 e. The lowest BCUT2D eigenvalue weighted by Gasteiger charge is -2.04. The molecule has 0 saturated carbocycles. The number of hydrogen-bond acceptors (Lipinski definition) is 4. The molecule has 1 atom stereocenters. The normalized spacial score (nSPS) is 12.2. The van der Waals surface area contributed by atoms with Crippen molar-refractivity contribution in [3.05, 3.63) is 0 Å². The van der Waals surface area contributed by atoms with Crippen LogP contribution in [0.2, 0.25) is 0 Å². The molecule has 0 aliphatic rings. The van der Waals surface area contributed by atoms with Crippen LogP contribution < -0.4 is 0 Å². The Morgan fingerprint density at radius 1 is 1.38 bits per heavy atom. The quantitative estimate of drug-likeness (QED) is 0.583. The van der Waals surface area contributed by atoms with Crippen LogP contribution in [0.1, 0.15) is 26.2 Å². The molecule has 0 amide bonds. The van der Waals surface area contributed by atoms with Gasteiger partial charge in [0.25, 0.3) is 0 Å². The van der Waals surface area contributed by atoms with Gasteiger partial charge < -0.3 is 14.9 Å². The zero-order chi connectivity index (χ0) is 10.3. The van der Waals surface area contributed by atoms with E-state index < -0.39 is 18.0 Å². The third-order valence-corrected chi connectivity index (χ3v) is 1.34. The van der Waals surface area contributed by atoms with E-state index in [1.807, 2.05) is 0 Å². The molecular weight excluding hydrogens is 176 g/mol. The molecule has 13 heavy (non-hydrogen) atoms. The first kappa shape index (κ1) is 11.9. The molecule has 0 aliphatic heterocycles. The highest BCUT2D eigenvalue weighted by atomic mass is 16.5. The van der Waals surface area contributed by atoms with Crippen LogP contribution in [-0.4, -0.2) is 34.9 Å². The standard InChI is InChI=1S/C8H14O5/c1-6(9)4-5-13-8(12)3-2-7(10)11/h6,9H,2-5H2,1H3,(H,10,11). The van der Waals surface area contributed by atoms with Gasteiger partial charge in [-0.15, -0.1) is 0 Å². The molecule has 0 spiro atoms. The van der Waals surface area contributed by atoms with E-state index in [1.165, 1.54) is 0 Å². The summed E-state index contributed by atoms with van der Waals surface area (Å²) in [5.74, 6) is -1.56. The molecule has 0 aromatic rings. The number of aliphatic carboxylic acids is 1. The molecule has 5 nitrogen and oxygen atoms in total. The van der Waals surface area contributed by atoms with Crippen molar-refractivity contribution in [1.29, 1.82) is 0 Å². The molecule has 0 aliphatic carbocycles. The van der Waals surface area contributed by atoms with Gasteiger partial charge in [-0.1, -0.05) is 0 Å². The number of ether oxygens (including phenoxy) is 1. The number of esters is 1. The highest BCUT2D eigenvalue weighted by molar-refractivity contribution is 5.76. The Kier molecular flexibility index (Phi) is 5.88. The minimum atomic E-state index is -1.02. The van der Waals surface area contributed by atoms with E-state index in [0.717, 1.165) is 0 Å². The molecule has 76 valence electrons. The van der Waals surface area contributed by atoms with E-state index in [0.29, 0.717) is 6.42 Å².